The van der Waals surface area contributed by atoms with Crippen LogP contribution < -0.4 is 5.32 Å². The first-order valence-electron chi connectivity index (χ1n) is 6.31. The molecule has 19 heavy (non-hydrogen) atoms. The molecule has 1 atom stereocenters. The predicted molar refractivity (Wildman–Crippen MR) is 67.2 cm³/mol. The van der Waals surface area contributed by atoms with E-state index in [4.69, 9.17) is 4.74 Å². The third kappa shape index (κ3) is 3.17. The highest BCUT2D eigenvalue weighted by Gasteiger charge is 2.26. The topological polar surface area (TPSA) is 55.4 Å². The van der Waals surface area contributed by atoms with Crippen molar-refractivity contribution in [3.8, 4) is 0 Å². The van der Waals surface area contributed by atoms with Crippen molar-refractivity contribution in [1.29, 1.82) is 0 Å². The van der Waals surface area contributed by atoms with Crippen molar-refractivity contribution in [3.63, 3.8) is 0 Å². The quantitative estimate of drug-likeness (QED) is 0.654. The third-order valence-corrected chi connectivity index (χ3v) is 3.25. The van der Waals surface area contributed by atoms with Crippen molar-refractivity contribution >= 4 is 11.9 Å². The van der Waals surface area contributed by atoms with E-state index in [0.29, 0.717) is 18.5 Å². The first-order valence-corrected chi connectivity index (χ1v) is 6.31. The molecule has 2 rings (SSSR count). The molecule has 4 nitrogen and oxygen atoms in total. The van der Waals surface area contributed by atoms with Crippen LogP contribution in [0.25, 0.3) is 0 Å². The predicted octanol–water partition coefficient (Wildman–Crippen LogP) is 1.82. The zero-order valence-corrected chi connectivity index (χ0v) is 10.7. The van der Waals surface area contributed by atoms with Gasteiger partial charge in [0.25, 0.3) is 0 Å². The maximum Gasteiger partial charge on any atom is 0.349 e. The fourth-order valence-corrected chi connectivity index (χ4v) is 2.17. The Balaban J connectivity index is 2.06. The van der Waals surface area contributed by atoms with Crippen molar-refractivity contribution < 1.29 is 18.7 Å². The summed E-state index contributed by atoms with van der Waals surface area (Å²) in [6.45, 7) is 2.97. The number of ether oxygens (including phenoxy) is 1. The first kappa shape index (κ1) is 13.7. The smallest absolute Gasteiger partial charge is 0.349 e. The molecule has 0 saturated carbocycles. The minimum absolute atomic E-state index is 0.167. The number of hydrogen-bond acceptors (Lipinski definition) is 4. The fourth-order valence-electron chi connectivity index (χ4n) is 2.17. The molecule has 1 N–H and O–H groups in total. The van der Waals surface area contributed by atoms with Crippen LogP contribution in [0.3, 0.4) is 0 Å². The van der Waals surface area contributed by atoms with Gasteiger partial charge >= 0.3 is 11.9 Å². The molecule has 0 bridgehead atoms. The second-order valence-electron chi connectivity index (χ2n) is 4.68. The van der Waals surface area contributed by atoms with Crippen LogP contribution in [0.4, 0.5) is 4.39 Å². The largest absolute Gasteiger partial charge is 0.389 e. The Kier molecular flexibility index (Phi) is 4.27. The van der Waals surface area contributed by atoms with Gasteiger partial charge in [0.2, 0.25) is 0 Å². The third-order valence-electron chi connectivity index (χ3n) is 3.25. The summed E-state index contributed by atoms with van der Waals surface area (Å²) in [7, 11) is 0. The van der Waals surface area contributed by atoms with Gasteiger partial charge < -0.3 is 10.1 Å². The summed E-state index contributed by atoms with van der Waals surface area (Å²) in [5, 5.41) is 3.07. The Morgan fingerprint density at radius 2 is 2.21 bits per heavy atom. The average molecular weight is 265 g/mol. The van der Waals surface area contributed by atoms with Gasteiger partial charge in [0.15, 0.2) is 0 Å². The average Bonchev–Trinajstić information content (AvgIpc) is 2.39. The van der Waals surface area contributed by atoms with Crippen LogP contribution in [0, 0.1) is 18.7 Å². The highest BCUT2D eigenvalue weighted by atomic mass is 19.1. The zero-order chi connectivity index (χ0) is 13.8. The summed E-state index contributed by atoms with van der Waals surface area (Å²) in [6, 6.07) is 4.29. The second-order valence-corrected chi connectivity index (χ2v) is 4.68. The van der Waals surface area contributed by atoms with E-state index >= 15 is 0 Å². The molecule has 102 valence electrons. The molecule has 0 radical (unpaired) electrons. The monoisotopic (exact) mass is 265 g/mol. The van der Waals surface area contributed by atoms with Crippen LogP contribution >= 0.6 is 0 Å². The molecule has 1 aromatic rings. The molecule has 1 aromatic carbocycles. The van der Waals surface area contributed by atoms with Crippen molar-refractivity contribution in [2.45, 2.75) is 19.8 Å². The molecule has 0 amide bonds. The van der Waals surface area contributed by atoms with Gasteiger partial charge in [-0.2, -0.15) is 0 Å². The molecule has 1 aliphatic rings. The lowest BCUT2D eigenvalue weighted by Gasteiger charge is -2.20. The van der Waals surface area contributed by atoms with Gasteiger partial charge in [-0.3, -0.25) is 4.79 Å². The van der Waals surface area contributed by atoms with E-state index in [1.165, 1.54) is 12.1 Å². The van der Waals surface area contributed by atoms with E-state index in [0.717, 1.165) is 13.0 Å². The highest BCUT2D eigenvalue weighted by molar-refractivity contribution is 5.98. The van der Waals surface area contributed by atoms with Gasteiger partial charge in [0, 0.05) is 6.54 Å². The van der Waals surface area contributed by atoms with Gasteiger partial charge in [-0.05, 0) is 37.9 Å². The standard InChI is InChI=1S/C14H16FNO3/c1-9-4-2-6-11(15)12(9)14(18)19-13(17)10-5-3-7-16-8-10/h2,4,6,10,16H,3,5,7-8H2,1H3. The van der Waals surface area contributed by atoms with E-state index in [-0.39, 0.29) is 11.5 Å². The van der Waals surface area contributed by atoms with Crippen LogP contribution in [0.5, 0.6) is 0 Å². The van der Waals surface area contributed by atoms with Gasteiger partial charge in [-0.15, -0.1) is 0 Å². The van der Waals surface area contributed by atoms with Crippen LogP contribution in [0.1, 0.15) is 28.8 Å². The van der Waals surface area contributed by atoms with Crippen LogP contribution in [-0.2, 0) is 9.53 Å². The molecular weight excluding hydrogens is 249 g/mol. The molecule has 5 heteroatoms. The Hall–Kier alpha value is -1.75. The number of nitrogens with one attached hydrogen (secondary N) is 1. The summed E-state index contributed by atoms with van der Waals surface area (Å²) in [6.07, 6.45) is 1.56. The van der Waals surface area contributed by atoms with Crippen molar-refractivity contribution in [2.75, 3.05) is 13.1 Å². The normalized spacial score (nSPS) is 18.9. The molecular formula is C14H16FNO3. The van der Waals surface area contributed by atoms with E-state index in [2.05, 4.69) is 5.32 Å². The Bertz CT molecular complexity index is 475. The second kappa shape index (κ2) is 5.93. The molecule has 0 aromatic heterocycles. The Morgan fingerprint density at radius 1 is 1.42 bits per heavy atom. The number of aryl methyl sites for hydroxylation is 1. The van der Waals surface area contributed by atoms with Crippen molar-refractivity contribution in [2.24, 2.45) is 5.92 Å². The number of halogens is 1. The minimum Gasteiger partial charge on any atom is -0.389 e. The van der Waals surface area contributed by atoms with Gasteiger partial charge in [-0.1, -0.05) is 12.1 Å². The van der Waals surface area contributed by atoms with Crippen LogP contribution in [0.15, 0.2) is 18.2 Å². The molecule has 1 aliphatic heterocycles. The number of carbonyl (C=O) groups excluding carboxylic acids is 2. The van der Waals surface area contributed by atoms with E-state index in [1.807, 2.05) is 0 Å². The summed E-state index contributed by atoms with van der Waals surface area (Å²) in [5.74, 6) is -2.49. The van der Waals surface area contributed by atoms with Gasteiger partial charge in [0.1, 0.15) is 5.82 Å². The molecule has 1 unspecified atom stereocenters. The lowest BCUT2D eigenvalue weighted by Crippen LogP contribution is -2.36. The Labute approximate surface area is 110 Å². The van der Waals surface area contributed by atoms with E-state index < -0.39 is 17.8 Å². The number of hydrogen-bond donors (Lipinski definition) is 1. The SMILES string of the molecule is Cc1cccc(F)c1C(=O)OC(=O)C1CCCNC1. The maximum absolute atomic E-state index is 13.6. The molecule has 1 heterocycles. The summed E-state index contributed by atoms with van der Waals surface area (Å²) >= 11 is 0. The number of rotatable bonds is 2. The summed E-state index contributed by atoms with van der Waals surface area (Å²) in [4.78, 5) is 23.6. The molecule has 0 spiro atoms. The number of esters is 2. The van der Waals surface area contributed by atoms with Gasteiger partial charge in [-0.25, -0.2) is 9.18 Å². The van der Waals surface area contributed by atoms with Gasteiger partial charge in [0.05, 0.1) is 11.5 Å². The van der Waals surface area contributed by atoms with E-state index in [9.17, 15) is 14.0 Å². The maximum atomic E-state index is 13.6. The zero-order valence-electron chi connectivity index (χ0n) is 10.7. The Morgan fingerprint density at radius 3 is 2.84 bits per heavy atom. The first-order chi connectivity index (χ1) is 9.09. The van der Waals surface area contributed by atoms with Crippen molar-refractivity contribution in [3.05, 3.63) is 35.1 Å². The lowest BCUT2D eigenvalue weighted by molar-refractivity contribution is -0.143. The van der Waals surface area contributed by atoms with Crippen LogP contribution in [0.2, 0.25) is 0 Å². The molecule has 1 fully saturated rings. The highest BCUT2D eigenvalue weighted by Crippen LogP contribution is 2.17. The summed E-state index contributed by atoms with van der Waals surface area (Å²) < 4.78 is 18.3. The van der Waals surface area contributed by atoms with Crippen LogP contribution in [-0.4, -0.2) is 25.0 Å². The number of piperidine rings is 1. The lowest BCUT2D eigenvalue weighted by atomic mass is 10.00. The van der Waals surface area contributed by atoms with Crippen molar-refractivity contribution in [1.82, 2.24) is 5.32 Å². The fraction of sp³-hybridized carbons (Fsp3) is 0.429. The number of benzene rings is 1. The molecule has 1 saturated heterocycles. The number of carbonyl (C=O) groups is 2. The summed E-state index contributed by atoms with van der Waals surface area (Å²) in [5.41, 5.74) is 0.291. The minimum atomic E-state index is -0.911. The molecule has 0 aliphatic carbocycles. The van der Waals surface area contributed by atoms with E-state index in [1.54, 1.807) is 13.0 Å².